The van der Waals surface area contributed by atoms with Gasteiger partial charge in [0.1, 0.15) is 0 Å². The smallest absolute Gasteiger partial charge is 0.155 e. The number of nitrogens with two attached hydrogens (primary N) is 1. The highest BCUT2D eigenvalue weighted by Gasteiger charge is 2.36. The zero-order chi connectivity index (χ0) is 15.6. The molecule has 2 atom stereocenters. The third kappa shape index (κ3) is 3.85. The minimum Gasteiger partial charge on any atom is -0.322 e. The highest BCUT2D eigenvalue weighted by Crippen LogP contribution is 2.32. The van der Waals surface area contributed by atoms with Crippen molar-refractivity contribution in [2.24, 2.45) is 5.73 Å². The van der Waals surface area contributed by atoms with Crippen LogP contribution in [-0.4, -0.2) is 54.7 Å². The molecule has 0 saturated carbocycles. The van der Waals surface area contributed by atoms with Crippen molar-refractivity contribution < 1.29 is 8.42 Å². The van der Waals surface area contributed by atoms with E-state index in [4.69, 9.17) is 5.73 Å². The first-order chi connectivity index (χ1) is 9.83. The van der Waals surface area contributed by atoms with Gasteiger partial charge in [0.2, 0.25) is 0 Å². The van der Waals surface area contributed by atoms with Gasteiger partial charge in [-0.3, -0.25) is 4.68 Å². The predicted octanol–water partition coefficient (Wildman–Crippen LogP) is 1.17. The molecule has 21 heavy (non-hydrogen) atoms. The highest BCUT2D eigenvalue weighted by atomic mass is 79.9. The van der Waals surface area contributed by atoms with Crippen molar-refractivity contribution in [2.45, 2.75) is 37.1 Å². The third-order valence-electron chi connectivity index (χ3n) is 3.94. The van der Waals surface area contributed by atoms with Crippen molar-refractivity contribution in [1.29, 1.82) is 0 Å². The van der Waals surface area contributed by atoms with Gasteiger partial charge in [0, 0.05) is 6.54 Å². The van der Waals surface area contributed by atoms with E-state index in [0.717, 1.165) is 29.6 Å². The average Bonchev–Trinajstić information content (AvgIpc) is 2.76. The van der Waals surface area contributed by atoms with Crippen LogP contribution in [0.3, 0.4) is 0 Å². The quantitative estimate of drug-likeness (QED) is 0.831. The van der Waals surface area contributed by atoms with Gasteiger partial charge in [0.25, 0.3) is 0 Å². The molecule has 2 rings (SSSR count). The van der Waals surface area contributed by atoms with Crippen molar-refractivity contribution >= 4 is 25.8 Å². The summed E-state index contributed by atoms with van der Waals surface area (Å²) in [6.45, 7) is 1.51. The Bertz CT molecular complexity index is 585. The Hall–Kier alpha value is -0.440. The Morgan fingerprint density at radius 3 is 2.86 bits per heavy atom. The van der Waals surface area contributed by atoms with Crippen LogP contribution in [0.15, 0.2) is 10.7 Å². The number of hydrogen-bond acceptors (Lipinski definition) is 5. The molecule has 1 fully saturated rings. The van der Waals surface area contributed by atoms with Gasteiger partial charge >= 0.3 is 0 Å². The summed E-state index contributed by atoms with van der Waals surface area (Å²) >= 11 is 3.46. The minimum absolute atomic E-state index is 0.245. The molecule has 2 N–H and O–H groups in total. The average molecular weight is 379 g/mol. The van der Waals surface area contributed by atoms with E-state index in [1.807, 2.05) is 18.8 Å². The molecule has 120 valence electrons. The van der Waals surface area contributed by atoms with Gasteiger partial charge in [-0.25, -0.2) is 8.42 Å². The zero-order valence-corrected chi connectivity index (χ0v) is 14.9. The Balaban J connectivity index is 2.26. The van der Waals surface area contributed by atoms with Crippen LogP contribution >= 0.6 is 15.9 Å². The van der Waals surface area contributed by atoms with E-state index in [9.17, 15) is 8.42 Å². The van der Waals surface area contributed by atoms with Gasteiger partial charge in [-0.15, -0.1) is 0 Å². The van der Waals surface area contributed by atoms with Crippen LogP contribution in [-0.2, 0) is 16.4 Å². The molecule has 1 aromatic rings. The first kappa shape index (κ1) is 16.9. The third-order valence-corrected chi connectivity index (χ3v) is 6.86. The van der Waals surface area contributed by atoms with Crippen molar-refractivity contribution in [3.8, 4) is 0 Å². The summed E-state index contributed by atoms with van der Waals surface area (Å²) in [6.07, 6.45) is 3.99. The van der Waals surface area contributed by atoms with Crippen LogP contribution in [0.5, 0.6) is 0 Å². The summed E-state index contributed by atoms with van der Waals surface area (Å²) < 4.78 is 27.2. The first-order valence-corrected chi connectivity index (χ1v) is 9.67. The Morgan fingerprint density at radius 1 is 1.52 bits per heavy atom. The van der Waals surface area contributed by atoms with Crippen LogP contribution in [0.1, 0.15) is 31.0 Å². The van der Waals surface area contributed by atoms with Crippen molar-refractivity contribution in [1.82, 2.24) is 14.7 Å². The lowest BCUT2D eigenvalue weighted by Crippen LogP contribution is -2.39. The fourth-order valence-electron chi connectivity index (χ4n) is 2.73. The van der Waals surface area contributed by atoms with E-state index in [1.165, 1.54) is 0 Å². The normalized spacial score (nSPS) is 23.4. The molecule has 0 bridgehead atoms. The lowest BCUT2D eigenvalue weighted by Gasteiger charge is -2.28. The lowest BCUT2D eigenvalue weighted by atomic mass is 10.1. The highest BCUT2D eigenvalue weighted by molar-refractivity contribution is 9.10. The molecule has 0 amide bonds. The molecule has 1 aliphatic rings. The monoisotopic (exact) mass is 378 g/mol. The number of nitrogens with zero attached hydrogens (tertiary/aromatic N) is 3. The Kier molecular flexibility index (Phi) is 5.45. The molecule has 1 saturated heterocycles. The van der Waals surface area contributed by atoms with Crippen LogP contribution in [0, 0.1) is 0 Å². The predicted molar refractivity (Wildman–Crippen MR) is 86.8 cm³/mol. The van der Waals surface area contributed by atoms with E-state index in [0.29, 0.717) is 13.0 Å². The largest absolute Gasteiger partial charge is 0.322 e. The maximum absolute atomic E-state index is 12.3. The molecule has 0 radical (unpaired) electrons. The Morgan fingerprint density at radius 2 is 2.24 bits per heavy atom. The fraction of sp³-hybridized carbons (Fsp3) is 0.769. The molecule has 0 aliphatic carbocycles. The number of likely N-dealkylation sites (N-methyl/N-ethyl adjacent to an activating group) is 1. The second kappa shape index (κ2) is 6.76. The molecule has 6 nitrogen and oxygen atoms in total. The molecule has 1 aromatic heterocycles. The second-order valence-corrected chi connectivity index (χ2v) is 9.02. The Labute approximate surface area is 134 Å². The van der Waals surface area contributed by atoms with Gasteiger partial charge in [0.05, 0.1) is 40.0 Å². The summed E-state index contributed by atoms with van der Waals surface area (Å²) in [5.41, 5.74) is 7.10. The second-order valence-electron chi connectivity index (χ2n) is 5.83. The molecule has 0 aromatic carbocycles. The maximum atomic E-state index is 12.3. The van der Waals surface area contributed by atoms with Crippen LogP contribution < -0.4 is 5.73 Å². The summed E-state index contributed by atoms with van der Waals surface area (Å²) in [5, 5.41) is 3.82. The maximum Gasteiger partial charge on any atom is 0.155 e. The lowest BCUT2D eigenvalue weighted by molar-refractivity contribution is 0.364. The van der Waals surface area contributed by atoms with E-state index < -0.39 is 21.1 Å². The number of rotatable bonds is 5. The van der Waals surface area contributed by atoms with Crippen LogP contribution in [0.25, 0.3) is 0 Å². The molecular formula is C13H23BrN4O2S. The van der Waals surface area contributed by atoms with Crippen molar-refractivity contribution in [2.75, 3.05) is 26.4 Å². The molecule has 2 heterocycles. The minimum atomic E-state index is -3.11. The summed E-state index contributed by atoms with van der Waals surface area (Å²) in [4.78, 5) is 2.06. The topological polar surface area (TPSA) is 81.2 Å². The SMILES string of the molecule is CN(C)CCn1ncc(Br)c1C(N)C1CCCCS1(=O)=O. The fourth-order valence-corrected chi connectivity index (χ4v) is 5.31. The summed E-state index contributed by atoms with van der Waals surface area (Å²) in [7, 11) is 0.869. The molecule has 8 heteroatoms. The first-order valence-electron chi connectivity index (χ1n) is 7.16. The standard InChI is InChI=1S/C13H23BrN4O2S/c1-17(2)6-7-18-13(10(14)9-16-18)12(15)11-5-3-4-8-21(11,19)20/h9,11-12H,3-8,15H2,1-2H3. The molecule has 1 aliphatic heterocycles. The van der Waals surface area contributed by atoms with Crippen LogP contribution in [0.2, 0.25) is 0 Å². The van der Waals surface area contributed by atoms with E-state index in [-0.39, 0.29) is 5.75 Å². The molecule has 2 unspecified atom stereocenters. The van der Waals surface area contributed by atoms with Gasteiger partial charge in [-0.1, -0.05) is 6.42 Å². The zero-order valence-electron chi connectivity index (χ0n) is 12.5. The molecule has 0 spiro atoms. The number of aromatic nitrogens is 2. The summed E-state index contributed by atoms with van der Waals surface area (Å²) in [5.74, 6) is 0.245. The van der Waals surface area contributed by atoms with Gasteiger partial charge in [-0.05, 0) is 42.9 Å². The van der Waals surface area contributed by atoms with E-state index in [1.54, 1.807) is 6.20 Å². The van der Waals surface area contributed by atoms with Gasteiger partial charge < -0.3 is 10.6 Å². The number of hydrogen-bond donors (Lipinski definition) is 1. The van der Waals surface area contributed by atoms with E-state index >= 15 is 0 Å². The van der Waals surface area contributed by atoms with Crippen molar-refractivity contribution in [3.05, 3.63) is 16.4 Å². The van der Waals surface area contributed by atoms with Gasteiger partial charge in [-0.2, -0.15) is 5.10 Å². The summed E-state index contributed by atoms with van der Waals surface area (Å²) in [6, 6.07) is -0.533. The van der Waals surface area contributed by atoms with E-state index in [2.05, 4.69) is 25.9 Å². The van der Waals surface area contributed by atoms with Gasteiger partial charge in [0.15, 0.2) is 9.84 Å². The van der Waals surface area contributed by atoms with Crippen LogP contribution in [0.4, 0.5) is 0 Å². The van der Waals surface area contributed by atoms with Crippen molar-refractivity contribution in [3.63, 3.8) is 0 Å². The molecular weight excluding hydrogens is 356 g/mol. The number of halogens is 1. The number of sulfone groups is 1.